The molecule has 0 rings (SSSR count). The van der Waals surface area contributed by atoms with Crippen molar-refractivity contribution in [2.24, 2.45) is 5.92 Å². The molecule has 0 fully saturated rings. The number of rotatable bonds is 13. The van der Waals surface area contributed by atoms with Gasteiger partial charge in [-0.3, -0.25) is 19.2 Å². The molecule has 0 unspecified atom stereocenters. The van der Waals surface area contributed by atoms with Crippen molar-refractivity contribution in [2.45, 2.75) is 78.4 Å². The normalized spacial score (nSPS) is 13.7. The predicted molar refractivity (Wildman–Crippen MR) is 114 cm³/mol. The number of carboxylic acid groups (broad SMARTS) is 1. The summed E-state index contributed by atoms with van der Waals surface area (Å²) in [6.45, 7) is 8.96. The van der Waals surface area contributed by atoms with Gasteiger partial charge in [0, 0.05) is 19.9 Å². The lowest BCUT2D eigenvalue weighted by Crippen LogP contribution is -2.54. The van der Waals surface area contributed by atoms with Gasteiger partial charge in [0.25, 0.3) is 0 Å². The lowest BCUT2D eigenvalue weighted by Gasteiger charge is -2.22. The summed E-state index contributed by atoms with van der Waals surface area (Å²) in [5, 5.41) is 19.5. The van der Waals surface area contributed by atoms with Crippen LogP contribution in [0.4, 0.5) is 0 Å². The van der Waals surface area contributed by atoms with Gasteiger partial charge in [-0.15, -0.1) is 0 Å². The summed E-state index contributed by atoms with van der Waals surface area (Å²) < 4.78 is 0. The van der Waals surface area contributed by atoms with Crippen molar-refractivity contribution in [1.82, 2.24) is 21.3 Å². The first kappa shape index (κ1) is 26.8. The topological polar surface area (TPSA) is 137 Å². The first-order chi connectivity index (χ1) is 13.4. The van der Waals surface area contributed by atoms with Crippen molar-refractivity contribution in [3.8, 4) is 0 Å². The monoisotopic (exact) mass is 430 g/mol. The Morgan fingerprint density at radius 1 is 0.897 bits per heavy atom. The van der Waals surface area contributed by atoms with E-state index in [0.29, 0.717) is 25.3 Å². The number of aliphatic carboxylic acids is 1. The van der Waals surface area contributed by atoms with Gasteiger partial charge in [-0.2, -0.15) is 0 Å². The van der Waals surface area contributed by atoms with Gasteiger partial charge >= 0.3 is 5.97 Å². The largest absolute Gasteiger partial charge is 0.480 e. The number of thiocarbonyl (C=S) groups is 1. The van der Waals surface area contributed by atoms with Crippen LogP contribution in [0.5, 0.6) is 0 Å². The summed E-state index contributed by atoms with van der Waals surface area (Å²) in [5.41, 5.74) is 0. The van der Waals surface area contributed by atoms with Gasteiger partial charge in [-0.25, -0.2) is 0 Å². The molecular weight excluding hydrogens is 396 g/mol. The summed E-state index contributed by atoms with van der Waals surface area (Å²) in [5.74, 6) is -2.15. The lowest BCUT2D eigenvalue weighted by atomic mass is 10.1. The van der Waals surface area contributed by atoms with Crippen LogP contribution in [0.2, 0.25) is 0 Å². The van der Waals surface area contributed by atoms with Gasteiger partial charge in [-0.05, 0) is 39.0 Å². The van der Waals surface area contributed by atoms with E-state index in [-0.39, 0.29) is 5.91 Å². The Balaban J connectivity index is 4.72. The minimum absolute atomic E-state index is 0.329. The number of carboxylic acids is 1. The number of nitrogens with one attached hydrogen (secondary N) is 4. The van der Waals surface area contributed by atoms with Crippen LogP contribution in [-0.4, -0.2) is 58.5 Å². The molecule has 0 bridgehead atoms. The Morgan fingerprint density at radius 3 is 2.03 bits per heavy atom. The first-order valence-electron chi connectivity index (χ1n) is 9.81. The summed E-state index contributed by atoms with van der Waals surface area (Å²) >= 11 is 5.24. The Hall–Kier alpha value is -2.23. The zero-order chi connectivity index (χ0) is 22.6. The maximum atomic E-state index is 12.4. The van der Waals surface area contributed by atoms with Crippen LogP contribution in [0.25, 0.3) is 0 Å². The minimum atomic E-state index is -1.17. The van der Waals surface area contributed by atoms with Crippen LogP contribution in [0, 0.1) is 5.92 Å². The van der Waals surface area contributed by atoms with Crippen LogP contribution in [0.3, 0.4) is 0 Å². The molecular formula is C19H34N4O5S. The standard InChI is InChI=1S/C19H34N4O5S/c1-11(2)10-16(29)20-9-7-6-8-15(18(26)22-13(4)19(27)28)23-17(25)12(3)21-14(5)24/h11-13,15H,6-10H2,1-5H3,(H,20,29)(H,21,24)(H,22,26)(H,23,25)(H,27,28)/t12-,13-,15-/m0/s1. The highest BCUT2D eigenvalue weighted by Crippen LogP contribution is 2.04. The fourth-order valence-corrected chi connectivity index (χ4v) is 2.89. The maximum absolute atomic E-state index is 12.4. The zero-order valence-electron chi connectivity index (χ0n) is 17.8. The zero-order valence-corrected chi connectivity index (χ0v) is 18.6. The van der Waals surface area contributed by atoms with E-state index >= 15 is 0 Å². The van der Waals surface area contributed by atoms with Crippen molar-refractivity contribution < 1.29 is 24.3 Å². The average molecular weight is 431 g/mol. The van der Waals surface area contributed by atoms with E-state index in [1.807, 2.05) is 0 Å². The van der Waals surface area contributed by atoms with E-state index in [1.54, 1.807) is 0 Å². The van der Waals surface area contributed by atoms with E-state index in [4.69, 9.17) is 17.3 Å². The van der Waals surface area contributed by atoms with Crippen LogP contribution in [0.1, 0.15) is 60.3 Å². The summed E-state index contributed by atoms with van der Waals surface area (Å²) in [7, 11) is 0. The van der Waals surface area contributed by atoms with Gasteiger partial charge in [0.05, 0.1) is 4.99 Å². The molecule has 3 amide bonds. The van der Waals surface area contributed by atoms with Crippen molar-refractivity contribution in [3.05, 3.63) is 0 Å². The average Bonchev–Trinajstić information content (AvgIpc) is 2.58. The number of amides is 3. The van der Waals surface area contributed by atoms with E-state index < -0.39 is 35.9 Å². The highest BCUT2D eigenvalue weighted by molar-refractivity contribution is 7.80. The van der Waals surface area contributed by atoms with Crippen molar-refractivity contribution >= 4 is 40.9 Å². The first-order valence-corrected chi connectivity index (χ1v) is 10.2. The molecule has 166 valence electrons. The van der Waals surface area contributed by atoms with E-state index in [1.165, 1.54) is 20.8 Å². The SMILES string of the molecule is CC(=O)N[C@@H](C)C(=O)N[C@@H](CCCCNC(=S)CC(C)C)C(=O)N[C@@H](C)C(=O)O. The second-order valence-electron chi connectivity index (χ2n) is 7.50. The molecule has 10 heteroatoms. The Labute approximate surface area is 177 Å². The van der Waals surface area contributed by atoms with Crippen LogP contribution in [0.15, 0.2) is 0 Å². The van der Waals surface area contributed by atoms with Gasteiger partial charge in [0.1, 0.15) is 18.1 Å². The molecule has 0 aromatic rings. The smallest absolute Gasteiger partial charge is 0.325 e. The number of carbonyl (C=O) groups is 4. The number of carbonyl (C=O) groups excluding carboxylic acids is 3. The third kappa shape index (κ3) is 12.8. The fraction of sp³-hybridized carbons (Fsp3) is 0.737. The highest BCUT2D eigenvalue weighted by atomic mass is 32.1. The van der Waals surface area contributed by atoms with E-state index in [0.717, 1.165) is 17.8 Å². The molecule has 0 aliphatic heterocycles. The summed E-state index contributed by atoms with van der Waals surface area (Å²) in [6.07, 6.45) is 2.49. The number of hydrogen-bond donors (Lipinski definition) is 5. The van der Waals surface area contributed by atoms with Crippen molar-refractivity contribution in [3.63, 3.8) is 0 Å². The quantitative estimate of drug-likeness (QED) is 0.214. The summed E-state index contributed by atoms with van der Waals surface area (Å²) in [4.78, 5) is 47.5. The highest BCUT2D eigenvalue weighted by Gasteiger charge is 2.25. The van der Waals surface area contributed by atoms with Crippen LogP contribution >= 0.6 is 12.2 Å². The van der Waals surface area contributed by atoms with Gasteiger partial charge in [0.2, 0.25) is 17.7 Å². The Morgan fingerprint density at radius 2 is 1.52 bits per heavy atom. The van der Waals surface area contributed by atoms with E-state index in [2.05, 4.69) is 35.1 Å². The van der Waals surface area contributed by atoms with Crippen LogP contribution in [-0.2, 0) is 19.2 Å². The predicted octanol–water partition coefficient (Wildman–Crippen LogP) is 0.719. The molecule has 0 saturated heterocycles. The van der Waals surface area contributed by atoms with Gasteiger partial charge < -0.3 is 26.4 Å². The van der Waals surface area contributed by atoms with Gasteiger partial charge in [-0.1, -0.05) is 26.1 Å². The molecule has 0 heterocycles. The molecule has 0 aromatic heterocycles. The second-order valence-corrected chi connectivity index (χ2v) is 7.99. The molecule has 0 aromatic carbocycles. The molecule has 3 atom stereocenters. The third-order valence-electron chi connectivity index (χ3n) is 4.01. The summed E-state index contributed by atoms with van der Waals surface area (Å²) in [6, 6.07) is -2.79. The minimum Gasteiger partial charge on any atom is -0.480 e. The van der Waals surface area contributed by atoms with Crippen molar-refractivity contribution in [2.75, 3.05) is 6.54 Å². The molecule has 0 radical (unpaired) electrons. The molecule has 0 saturated carbocycles. The fourth-order valence-electron chi connectivity index (χ4n) is 2.46. The van der Waals surface area contributed by atoms with Gasteiger partial charge in [0.15, 0.2) is 0 Å². The molecule has 29 heavy (non-hydrogen) atoms. The molecule has 0 aliphatic carbocycles. The number of hydrogen-bond acceptors (Lipinski definition) is 5. The Kier molecular flexibility index (Phi) is 12.8. The Bertz CT molecular complexity index is 597. The molecule has 0 spiro atoms. The third-order valence-corrected chi connectivity index (χ3v) is 4.32. The molecule has 5 N–H and O–H groups in total. The van der Waals surface area contributed by atoms with Crippen LogP contribution < -0.4 is 21.3 Å². The van der Waals surface area contributed by atoms with E-state index in [9.17, 15) is 19.2 Å². The lowest BCUT2D eigenvalue weighted by molar-refractivity contribution is -0.141. The molecule has 0 aliphatic rings. The maximum Gasteiger partial charge on any atom is 0.325 e. The molecule has 9 nitrogen and oxygen atoms in total. The second kappa shape index (κ2) is 13.9. The number of unbranched alkanes of at least 4 members (excludes halogenated alkanes) is 1. The van der Waals surface area contributed by atoms with Crippen molar-refractivity contribution in [1.29, 1.82) is 0 Å².